The van der Waals surface area contributed by atoms with E-state index in [1.54, 1.807) is 0 Å². The van der Waals surface area contributed by atoms with Gasteiger partial charge in [-0.15, -0.1) is 0 Å². The summed E-state index contributed by atoms with van der Waals surface area (Å²) in [7, 11) is -7.66. The van der Waals surface area contributed by atoms with E-state index < -0.39 is 26.0 Å². The fourth-order valence-electron chi connectivity index (χ4n) is 1.20. The molecule has 106 valence electrons. The molecule has 0 atom stereocenters. The van der Waals surface area contributed by atoms with Crippen LogP contribution in [0.2, 0.25) is 0 Å². The molecule has 9 heteroatoms. The lowest BCUT2D eigenvalue weighted by Gasteiger charge is -2.16. The predicted molar refractivity (Wildman–Crippen MR) is 67.0 cm³/mol. The van der Waals surface area contributed by atoms with Crippen molar-refractivity contribution < 1.29 is 26.7 Å². The highest BCUT2D eigenvalue weighted by Crippen LogP contribution is 2.08. The average molecular weight is 299 g/mol. The number of hydrogen-bond donors (Lipinski definition) is 1. The molecule has 7 nitrogen and oxygen atoms in total. The third kappa shape index (κ3) is 6.12. The molecule has 0 aromatic heterocycles. The van der Waals surface area contributed by atoms with Crippen molar-refractivity contribution in [2.75, 3.05) is 19.1 Å². The Morgan fingerprint density at radius 3 is 1.94 bits per heavy atom. The van der Waals surface area contributed by atoms with E-state index in [0.29, 0.717) is 10.1 Å². The summed E-state index contributed by atoms with van der Waals surface area (Å²) in [4.78, 5) is 10.5. The van der Waals surface area contributed by atoms with Gasteiger partial charge in [0.25, 0.3) is 0 Å². The smallest absolute Gasteiger partial charge is 0.330 e. The molecule has 18 heavy (non-hydrogen) atoms. The van der Waals surface area contributed by atoms with Gasteiger partial charge in [0.15, 0.2) is 0 Å². The van der Waals surface area contributed by atoms with E-state index in [1.165, 1.54) is 13.0 Å². The summed E-state index contributed by atoms with van der Waals surface area (Å²) in [6, 6.07) is 0. The van der Waals surface area contributed by atoms with Crippen LogP contribution in [0.5, 0.6) is 0 Å². The molecule has 0 radical (unpaired) electrons. The predicted octanol–water partition coefficient (Wildman–Crippen LogP) is 0.0187. The Hall–Kier alpha value is -0.930. The van der Waals surface area contributed by atoms with Gasteiger partial charge in [0.2, 0.25) is 20.0 Å². The minimum atomic E-state index is -3.83. The Kier molecular flexibility index (Phi) is 5.97. The molecular formula is C9H17NO6S2. The summed E-state index contributed by atoms with van der Waals surface area (Å²) >= 11 is 0. The highest BCUT2D eigenvalue weighted by atomic mass is 32.3. The molecule has 0 heterocycles. The molecule has 0 saturated heterocycles. The number of allylic oxidation sites excluding steroid dienone is 1. The van der Waals surface area contributed by atoms with Gasteiger partial charge in [0, 0.05) is 12.1 Å². The van der Waals surface area contributed by atoms with E-state index in [1.807, 2.05) is 0 Å². The van der Waals surface area contributed by atoms with Crippen molar-refractivity contribution in [1.82, 2.24) is 3.71 Å². The van der Waals surface area contributed by atoms with Gasteiger partial charge in [-0.05, 0) is 19.8 Å². The second kappa shape index (κ2) is 6.30. The summed E-state index contributed by atoms with van der Waals surface area (Å²) in [5.74, 6) is -1.06. The van der Waals surface area contributed by atoms with E-state index >= 15 is 0 Å². The largest absolute Gasteiger partial charge is 0.478 e. The summed E-state index contributed by atoms with van der Waals surface area (Å²) in [6.07, 6.45) is 3.56. The lowest BCUT2D eigenvalue weighted by atomic mass is 10.2. The highest BCUT2D eigenvalue weighted by molar-refractivity contribution is 8.03. The number of unbranched alkanes of at least 4 members (excludes halogenated alkanes) is 1. The van der Waals surface area contributed by atoms with Crippen LogP contribution in [-0.4, -0.2) is 50.7 Å². The van der Waals surface area contributed by atoms with Gasteiger partial charge in [-0.1, -0.05) is 9.79 Å². The molecule has 0 spiro atoms. The number of nitrogens with zero attached hydrogens (tertiary/aromatic N) is 1. The lowest BCUT2D eigenvalue weighted by molar-refractivity contribution is -0.132. The summed E-state index contributed by atoms with van der Waals surface area (Å²) < 4.78 is 45.4. The van der Waals surface area contributed by atoms with Gasteiger partial charge >= 0.3 is 5.97 Å². The fraction of sp³-hybridized carbons (Fsp3) is 0.667. The first-order chi connectivity index (χ1) is 7.96. The summed E-state index contributed by atoms with van der Waals surface area (Å²) in [5.41, 5.74) is 0.139. The van der Waals surface area contributed by atoms with E-state index in [0.717, 1.165) is 12.5 Å². The molecule has 0 aliphatic rings. The van der Waals surface area contributed by atoms with E-state index in [4.69, 9.17) is 5.11 Å². The molecule has 0 aliphatic heterocycles. The number of carboxylic acids is 1. The average Bonchev–Trinajstić information content (AvgIpc) is 2.12. The Bertz CT molecular complexity index is 499. The van der Waals surface area contributed by atoms with Crippen LogP contribution in [0.1, 0.15) is 19.8 Å². The maximum Gasteiger partial charge on any atom is 0.330 e. The van der Waals surface area contributed by atoms with Gasteiger partial charge in [0.1, 0.15) is 0 Å². The molecule has 0 amide bonds. The van der Waals surface area contributed by atoms with Crippen molar-refractivity contribution in [2.45, 2.75) is 19.8 Å². The molecule has 1 N–H and O–H groups in total. The topological polar surface area (TPSA) is 109 Å². The molecule has 0 rings (SSSR count). The minimum absolute atomic E-state index is 0.139. The highest BCUT2D eigenvalue weighted by Gasteiger charge is 2.25. The van der Waals surface area contributed by atoms with Crippen molar-refractivity contribution in [3.63, 3.8) is 0 Å². The zero-order valence-corrected chi connectivity index (χ0v) is 12.1. The first kappa shape index (κ1) is 17.1. The molecule has 0 aromatic carbocycles. The van der Waals surface area contributed by atoms with Crippen molar-refractivity contribution in [3.05, 3.63) is 11.6 Å². The zero-order chi connectivity index (χ0) is 14.6. The Labute approximate surface area is 107 Å². The zero-order valence-electron chi connectivity index (χ0n) is 10.5. The lowest BCUT2D eigenvalue weighted by Crippen LogP contribution is -2.35. The molecule has 0 unspecified atom stereocenters. The number of carboxylic acid groups (broad SMARTS) is 1. The fourth-order valence-corrected chi connectivity index (χ4v) is 4.09. The van der Waals surface area contributed by atoms with Gasteiger partial charge in [-0.3, -0.25) is 0 Å². The van der Waals surface area contributed by atoms with Gasteiger partial charge in [-0.25, -0.2) is 21.6 Å². The van der Waals surface area contributed by atoms with Gasteiger partial charge < -0.3 is 5.11 Å². The summed E-state index contributed by atoms with van der Waals surface area (Å²) in [6.45, 7) is 1.22. The maximum absolute atomic E-state index is 11.3. The number of carbonyl (C=O) groups is 1. The minimum Gasteiger partial charge on any atom is -0.478 e. The second-order valence-electron chi connectivity index (χ2n) is 3.86. The first-order valence-electron chi connectivity index (χ1n) is 5.04. The van der Waals surface area contributed by atoms with Gasteiger partial charge in [-0.2, -0.15) is 0 Å². The van der Waals surface area contributed by atoms with E-state index in [2.05, 4.69) is 0 Å². The van der Waals surface area contributed by atoms with E-state index in [9.17, 15) is 21.6 Å². The number of hydrogen-bond acceptors (Lipinski definition) is 5. The van der Waals surface area contributed by atoms with Crippen molar-refractivity contribution in [3.8, 4) is 0 Å². The van der Waals surface area contributed by atoms with Crippen LogP contribution in [0.4, 0.5) is 0 Å². The van der Waals surface area contributed by atoms with Gasteiger partial charge in [0.05, 0.1) is 12.5 Å². The van der Waals surface area contributed by atoms with Crippen molar-refractivity contribution >= 4 is 26.0 Å². The molecular weight excluding hydrogens is 282 g/mol. The van der Waals surface area contributed by atoms with Crippen molar-refractivity contribution in [2.24, 2.45) is 0 Å². The van der Waals surface area contributed by atoms with Crippen molar-refractivity contribution in [1.29, 1.82) is 0 Å². The van der Waals surface area contributed by atoms with Crippen LogP contribution in [0.3, 0.4) is 0 Å². The van der Waals surface area contributed by atoms with Crippen LogP contribution in [-0.2, 0) is 24.8 Å². The Balaban J connectivity index is 4.61. The van der Waals surface area contributed by atoms with Crippen LogP contribution in [0.25, 0.3) is 0 Å². The molecule has 0 saturated carbocycles. The quantitative estimate of drug-likeness (QED) is 0.524. The SMILES string of the molecule is CC(=CCCCN(S(C)(=O)=O)S(C)(=O)=O)C(=O)O. The number of sulfonamides is 2. The van der Waals surface area contributed by atoms with E-state index in [-0.39, 0.29) is 18.5 Å². The molecule has 0 aromatic rings. The van der Waals surface area contributed by atoms with Crippen LogP contribution < -0.4 is 0 Å². The Morgan fingerprint density at radius 1 is 1.17 bits per heavy atom. The summed E-state index contributed by atoms with van der Waals surface area (Å²) in [5, 5.41) is 8.58. The second-order valence-corrected chi connectivity index (χ2v) is 7.90. The standard InChI is InChI=1S/C9H17NO6S2/c1-8(9(11)12)6-4-5-7-10(17(2,13)14)18(3,15)16/h6H,4-5,7H2,1-3H3,(H,11,12). The first-order valence-corrected chi connectivity index (χ1v) is 8.74. The molecule has 0 fully saturated rings. The number of rotatable bonds is 7. The molecule has 0 aliphatic carbocycles. The number of aliphatic carboxylic acids is 1. The maximum atomic E-state index is 11.3. The third-order valence-corrected chi connectivity index (χ3v) is 5.54. The van der Waals surface area contributed by atoms with Crippen LogP contribution in [0.15, 0.2) is 11.6 Å². The molecule has 0 bridgehead atoms. The van der Waals surface area contributed by atoms with Crippen LogP contribution >= 0.6 is 0 Å². The third-order valence-electron chi connectivity index (χ3n) is 2.07. The normalized spacial score (nSPS) is 13.9. The van der Waals surface area contributed by atoms with Crippen LogP contribution in [0, 0.1) is 0 Å². The Morgan fingerprint density at radius 2 is 1.61 bits per heavy atom. The monoisotopic (exact) mass is 299 g/mol.